The topological polar surface area (TPSA) is 9.23 Å². The normalized spacial score (nSPS) is 11.1. The van der Waals surface area contributed by atoms with E-state index in [1.807, 2.05) is 0 Å². The summed E-state index contributed by atoms with van der Waals surface area (Å²) in [6, 6.07) is 9.09. The van der Waals surface area contributed by atoms with Gasteiger partial charge in [-0.2, -0.15) is 0 Å². The van der Waals surface area contributed by atoms with Crippen LogP contribution < -0.4 is 0 Å². The quantitative estimate of drug-likeness (QED) is 0.461. The summed E-state index contributed by atoms with van der Waals surface area (Å²) in [5, 5.41) is 0. The molecule has 102 valence electrons. The standard InChI is InChI=1S/C16H27OP/c1-14(2)12-16-10-7-9-15(13-16)8-5-3-4-6-11-17-18/h7,9-10,13-14H,3-6,8,11-12,18H2,1-2H3. The van der Waals surface area contributed by atoms with E-state index in [9.17, 15) is 0 Å². The van der Waals surface area contributed by atoms with Gasteiger partial charge in [-0.3, -0.25) is 0 Å². The summed E-state index contributed by atoms with van der Waals surface area (Å²) in [5.74, 6) is 0.743. The van der Waals surface area contributed by atoms with E-state index in [4.69, 9.17) is 4.52 Å². The summed E-state index contributed by atoms with van der Waals surface area (Å²) in [5.41, 5.74) is 2.98. The third-order valence-electron chi connectivity index (χ3n) is 3.11. The SMILES string of the molecule is CC(C)Cc1cccc(CCCCCCOP)c1. The minimum atomic E-state index is 0.743. The maximum absolute atomic E-state index is 4.98. The number of hydrogen-bond donors (Lipinski definition) is 0. The molecule has 0 aliphatic rings. The van der Waals surface area contributed by atoms with Gasteiger partial charge in [0.15, 0.2) is 0 Å². The predicted molar refractivity (Wildman–Crippen MR) is 82.8 cm³/mol. The first-order valence-corrected chi connectivity index (χ1v) is 7.59. The Morgan fingerprint density at radius 1 is 1.06 bits per heavy atom. The maximum Gasteiger partial charge on any atom is 0.0501 e. The zero-order chi connectivity index (χ0) is 13.2. The van der Waals surface area contributed by atoms with Crippen LogP contribution in [0.1, 0.15) is 50.7 Å². The van der Waals surface area contributed by atoms with Crippen molar-refractivity contribution < 1.29 is 4.52 Å². The van der Waals surface area contributed by atoms with Crippen LogP contribution >= 0.6 is 9.47 Å². The van der Waals surface area contributed by atoms with Gasteiger partial charge < -0.3 is 4.52 Å². The van der Waals surface area contributed by atoms with Crippen molar-refractivity contribution in [3.8, 4) is 0 Å². The molecule has 0 radical (unpaired) electrons. The maximum atomic E-state index is 4.98. The lowest BCUT2D eigenvalue weighted by atomic mass is 9.99. The van der Waals surface area contributed by atoms with E-state index in [0.717, 1.165) is 12.5 Å². The molecule has 1 aromatic rings. The molecule has 0 fully saturated rings. The fourth-order valence-corrected chi connectivity index (χ4v) is 2.42. The van der Waals surface area contributed by atoms with Gasteiger partial charge in [-0.1, -0.05) is 51.0 Å². The van der Waals surface area contributed by atoms with E-state index in [0.29, 0.717) is 0 Å². The molecule has 1 aromatic carbocycles. The van der Waals surface area contributed by atoms with E-state index in [1.165, 1.54) is 49.7 Å². The van der Waals surface area contributed by atoms with Crippen LogP contribution in [-0.4, -0.2) is 6.61 Å². The van der Waals surface area contributed by atoms with E-state index in [-0.39, 0.29) is 0 Å². The molecule has 0 spiro atoms. The summed E-state index contributed by atoms with van der Waals surface area (Å²) in [7, 11) is 2.31. The second-order valence-corrected chi connectivity index (χ2v) is 5.79. The van der Waals surface area contributed by atoms with Gasteiger partial charge in [0, 0.05) is 9.47 Å². The molecule has 0 aromatic heterocycles. The highest BCUT2D eigenvalue weighted by molar-refractivity contribution is 7.09. The Kier molecular flexibility index (Phi) is 8.29. The molecule has 1 nitrogen and oxygen atoms in total. The predicted octanol–water partition coefficient (Wildman–Crippen LogP) is 4.79. The van der Waals surface area contributed by atoms with Gasteiger partial charge in [0.2, 0.25) is 0 Å². The van der Waals surface area contributed by atoms with Crippen LogP contribution in [-0.2, 0) is 17.4 Å². The molecule has 0 N–H and O–H groups in total. The fourth-order valence-electron chi connectivity index (χ4n) is 2.25. The average molecular weight is 266 g/mol. The third-order valence-corrected chi connectivity index (χ3v) is 3.35. The number of rotatable bonds is 9. The first kappa shape index (κ1) is 15.7. The number of hydrogen-bond acceptors (Lipinski definition) is 1. The number of benzene rings is 1. The lowest BCUT2D eigenvalue weighted by Gasteiger charge is -2.07. The van der Waals surface area contributed by atoms with Gasteiger partial charge in [-0.25, -0.2) is 0 Å². The smallest absolute Gasteiger partial charge is 0.0501 e. The van der Waals surface area contributed by atoms with Crippen molar-refractivity contribution in [1.29, 1.82) is 0 Å². The molecule has 1 rings (SSSR count). The van der Waals surface area contributed by atoms with Crippen molar-refractivity contribution in [2.75, 3.05) is 6.61 Å². The Bertz CT molecular complexity index is 323. The summed E-state index contributed by atoms with van der Waals surface area (Å²) < 4.78 is 4.98. The number of unbranched alkanes of at least 4 members (excludes halogenated alkanes) is 3. The van der Waals surface area contributed by atoms with Gasteiger partial charge >= 0.3 is 0 Å². The van der Waals surface area contributed by atoms with Crippen LogP contribution in [0.2, 0.25) is 0 Å². The van der Waals surface area contributed by atoms with Crippen LogP contribution in [0.5, 0.6) is 0 Å². The Balaban J connectivity index is 2.25. The van der Waals surface area contributed by atoms with Crippen molar-refractivity contribution >= 4 is 9.47 Å². The Morgan fingerprint density at radius 2 is 1.78 bits per heavy atom. The van der Waals surface area contributed by atoms with Crippen LogP contribution in [0.3, 0.4) is 0 Å². The summed E-state index contributed by atoms with van der Waals surface area (Å²) in [6.45, 7) is 5.43. The van der Waals surface area contributed by atoms with Crippen LogP contribution in [0.15, 0.2) is 24.3 Å². The Labute approximate surface area is 115 Å². The molecular formula is C16H27OP. The minimum absolute atomic E-state index is 0.743. The van der Waals surface area contributed by atoms with Crippen molar-refractivity contribution in [3.05, 3.63) is 35.4 Å². The van der Waals surface area contributed by atoms with Gasteiger partial charge in [0.25, 0.3) is 0 Å². The highest BCUT2D eigenvalue weighted by atomic mass is 31.0. The first-order chi connectivity index (χ1) is 8.72. The van der Waals surface area contributed by atoms with Gasteiger partial charge in [-0.15, -0.1) is 0 Å². The third kappa shape index (κ3) is 7.13. The Hall–Kier alpha value is -0.390. The largest absolute Gasteiger partial charge is 0.366 e. The van der Waals surface area contributed by atoms with Gasteiger partial charge in [0.1, 0.15) is 0 Å². The van der Waals surface area contributed by atoms with Crippen LogP contribution in [0, 0.1) is 5.92 Å². The first-order valence-electron chi connectivity index (χ1n) is 7.12. The van der Waals surface area contributed by atoms with E-state index >= 15 is 0 Å². The van der Waals surface area contributed by atoms with E-state index < -0.39 is 0 Å². The summed E-state index contributed by atoms with van der Waals surface area (Å²) in [6.07, 6.45) is 7.47. The fraction of sp³-hybridized carbons (Fsp3) is 0.625. The zero-order valence-electron chi connectivity index (χ0n) is 11.8. The zero-order valence-corrected chi connectivity index (χ0v) is 13.0. The summed E-state index contributed by atoms with van der Waals surface area (Å²) in [4.78, 5) is 0. The monoisotopic (exact) mass is 266 g/mol. The van der Waals surface area contributed by atoms with Crippen molar-refractivity contribution in [2.45, 2.75) is 52.4 Å². The molecule has 18 heavy (non-hydrogen) atoms. The molecule has 1 unspecified atom stereocenters. The summed E-state index contributed by atoms with van der Waals surface area (Å²) >= 11 is 0. The molecule has 0 bridgehead atoms. The minimum Gasteiger partial charge on any atom is -0.366 e. The van der Waals surface area contributed by atoms with Crippen LogP contribution in [0.4, 0.5) is 0 Å². The van der Waals surface area contributed by atoms with Crippen molar-refractivity contribution in [2.24, 2.45) is 5.92 Å². The second-order valence-electron chi connectivity index (χ2n) is 5.45. The van der Waals surface area contributed by atoms with Crippen molar-refractivity contribution in [1.82, 2.24) is 0 Å². The van der Waals surface area contributed by atoms with E-state index in [1.54, 1.807) is 0 Å². The molecular weight excluding hydrogens is 239 g/mol. The lowest BCUT2D eigenvalue weighted by molar-refractivity contribution is 0.353. The molecule has 2 heteroatoms. The number of aryl methyl sites for hydroxylation is 1. The van der Waals surface area contributed by atoms with E-state index in [2.05, 4.69) is 47.6 Å². The molecule has 0 aliphatic heterocycles. The lowest BCUT2D eigenvalue weighted by Crippen LogP contribution is -1.95. The molecule has 0 amide bonds. The van der Waals surface area contributed by atoms with Crippen molar-refractivity contribution in [3.63, 3.8) is 0 Å². The molecule has 0 aliphatic carbocycles. The highest BCUT2D eigenvalue weighted by Gasteiger charge is 1.99. The molecule has 0 heterocycles. The second kappa shape index (κ2) is 9.53. The van der Waals surface area contributed by atoms with Gasteiger partial charge in [-0.05, 0) is 42.7 Å². The average Bonchev–Trinajstić information content (AvgIpc) is 2.33. The van der Waals surface area contributed by atoms with Crippen LogP contribution in [0.25, 0.3) is 0 Å². The highest BCUT2D eigenvalue weighted by Crippen LogP contribution is 2.13. The Morgan fingerprint density at radius 3 is 2.50 bits per heavy atom. The molecule has 0 saturated carbocycles. The van der Waals surface area contributed by atoms with Gasteiger partial charge in [0.05, 0.1) is 6.61 Å². The molecule has 1 atom stereocenters. The molecule has 0 saturated heterocycles.